The van der Waals surface area contributed by atoms with Crippen molar-refractivity contribution in [1.29, 1.82) is 0 Å². The first-order valence-corrected chi connectivity index (χ1v) is 8.53. The van der Waals surface area contributed by atoms with Crippen molar-refractivity contribution in [3.05, 3.63) is 76.8 Å². The Labute approximate surface area is 140 Å². The Hall–Kier alpha value is -2.33. The zero-order chi connectivity index (χ0) is 16.1. The van der Waals surface area contributed by atoms with Crippen molar-refractivity contribution in [2.45, 2.75) is 18.8 Å². The number of aromatic nitrogens is 1. The summed E-state index contributed by atoms with van der Waals surface area (Å²) in [5.74, 6) is 1.11. The zero-order valence-corrected chi connectivity index (χ0v) is 13.9. The van der Waals surface area contributed by atoms with Crippen LogP contribution in [0.5, 0.6) is 5.75 Å². The number of benzene rings is 2. The van der Waals surface area contributed by atoms with Crippen molar-refractivity contribution in [2.24, 2.45) is 0 Å². The highest BCUT2D eigenvalue weighted by molar-refractivity contribution is 7.13. The molecular weight excluding hydrogens is 304 g/mol. The number of hydrogen-bond donors (Lipinski definition) is 1. The number of rotatable bonds is 6. The molecule has 0 fully saturated rings. The average Bonchev–Trinajstić information content (AvgIpc) is 3.03. The maximum absolute atomic E-state index is 5.83. The van der Waals surface area contributed by atoms with Crippen LogP contribution in [0, 0.1) is 0 Å². The van der Waals surface area contributed by atoms with E-state index in [-0.39, 0.29) is 5.92 Å². The van der Waals surface area contributed by atoms with Gasteiger partial charge in [0.2, 0.25) is 0 Å². The molecule has 0 amide bonds. The van der Waals surface area contributed by atoms with E-state index in [1.54, 1.807) is 7.11 Å². The summed E-state index contributed by atoms with van der Waals surface area (Å²) < 4.78 is 5.25. The number of hydrogen-bond acceptors (Lipinski definition) is 4. The second-order valence-electron chi connectivity index (χ2n) is 5.46. The first-order chi connectivity index (χ1) is 11.3. The van der Waals surface area contributed by atoms with E-state index in [4.69, 9.17) is 10.5 Å². The van der Waals surface area contributed by atoms with Gasteiger partial charge in [0.25, 0.3) is 0 Å². The molecule has 1 aromatic heterocycles. The number of anilines is 1. The van der Waals surface area contributed by atoms with Crippen LogP contribution in [0.25, 0.3) is 0 Å². The Morgan fingerprint density at radius 3 is 2.43 bits per heavy atom. The molecule has 3 aromatic rings. The largest absolute Gasteiger partial charge is 0.497 e. The molecule has 1 unspecified atom stereocenters. The van der Waals surface area contributed by atoms with Gasteiger partial charge in [0.15, 0.2) is 5.13 Å². The predicted octanol–water partition coefficient (Wildman–Crippen LogP) is 4.50. The second kappa shape index (κ2) is 7.29. The van der Waals surface area contributed by atoms with Gasteiger partial charge in [-0.2, -0.15) is 0 Å². The zero-order valence-electron chi connectivity index (χ0n) is 13.1. The Bertz CT molecular complexity index is 738. The van der Waals surface area contributed by atoms with Gasteiger partial charge in [-0.15, -0.1) is 11.3 Å². The quantitative estimate of drug-likeness (QED) is 0.726. The third-order valence-corrected chi connectivity index (χ3v) is 4.67. The third kappa shape index (κ3) is 3.90. The molecule has 2 aromatic carbocycles. The number of nitrogen functional groups attached to an aromatic ring is 1. The lowest BCUT2D eigenvalue weighted by Gasteiger charge is -2.16. The van der Waals surface area contributed by atoms with Crippen molar-refractivity contribution in [1.82, 2.24) is 4.98 Å². The molecule has 118 valence electrons. The standard InChI is InChI=1S/C19H20N2OS/c1-22-16-10-8-15(9-11-16)17(18-13-23-19(20)21-18)12-7-14-5-3-2-4-6-14/h2-6,8-11,13,17H,7,12H2,1H3,(H2,20,21). The number of nitrogens with zero attached hydrogens (tertiary/aromatic N) is 1. The summed E-state index contributed by atoms with van der Waals surface area (Å²) in [6, 6.07) is 18.8. The van der Waals surface area contributed by atoms with E-state index in [1.165, 1.54) is 22.5 Å². The fourth-order valence-electron chi connectivity index (χ4n) is 2.74. The molecule has 1 heterocycles. The van der Waals surface area contributed by atoms with Crippen LogP contribution in [0.4, 0.5) is 5.13 Å². The molecule has 3 nitrogen and oxygen atoms in total. The molecule has 0 aliphatic rings. The van der Waals surface area contributed by atoms with Crippen molar-refractivity contribution in [3.63, 3.8) is 0 Å². The van der Waals surface area contributed by atoms with E-state index in [9.17, 15) is 0 Å². The van der Waals surface area contributed by atoms with Gasteiger partial charge in [-0.25, -0.2) is 4.98 Å². The van der Waals surface area contributed by atoms with Gasteiger partial charge in [-0.1, -0.05) is 42.5 Å². The fourth-order valence-corrected chi connectivity index (χ4v) is 3.35. The van der Waals surface area contributed by atoms with Crippen LogP contribution >= 0.6 is 11.3 Å². The lowest BCUT2D eigenvalue weighted by Crippen LogP contribution is -2.04. The predicted molar refractivity (Wildman–Crippen MR) is 96.1 cm³/mol. The minimum Gasteiger partial charge on any atom is -0.497 e. The van der Waals surface area contributed by atoms with E-state index in [0.717, 1.165) is 24.3 Å². The average molecular weight is 324 g/mol. The van der Waals surface area contributed by atoms with Crippen molar-refractivity contribution < 1.29 is 4.74 Å². The van der Waals surface area contributed by atoms with Gasteiger partial charge in [0, 0.05) is 11.3 Å². The lowest BCUT2D eigenvalue weighted by molar-refractivity contribution is 0.414. The molecule has 2 N–H and O–H groups in total. The second-order valence-corrected chi connectivity index (χ2v) is 6.35. The van der Waals surface area contributed by atoms with Crippen LogP contribution in [-0.2, 0) is 6.42 Å². The molecule has 0 bridgehead atoms. The van der Waals surface area contributed by atoms with Gasteiger partial charge >= 0.3 is 0 Å². The normalized spacial score (nSPS) is 12.0. The van der Waals surface area contributed by atoms with Crippen LogP contribution < -0.4 is 10.5 Å². The molecule has 0 spiro atoms. The molecule has 4 heteroatoms. The molecule has 0 radical (unpaired) electrons. The minimum atomic E-state index is 0.245. The smallest absolute Gasteiger partial charge is 0.180 e. The third-order valence-electron chi connectivity index (χ3n) is 3.98. The summed E-state index contributed by atoms with van der Waals surface area (Å²) in [6.45, 7) is 0. The molecule has 0 saturated heterocycles. The van der Waals surface area contributed by atoms with Gasteiger partial charge in [0.1, 0.15) is 5.75 Å². The summed E-state index contributed by atoms with van der Waals surface area (Å²) >= 11 is 1.50. The van der Waals surface area contributed by atoms with Crippen LogP contribution in [0.15, 0.2) is 60.0 Å². The summed E-state index contributed by atoms with van der Waals surface area (Å²) in [5, 5.41) is 2.69. The first-order valence-electron chi connectivity index (χ1n) is 7.65. The van der Waals surface area contributed by atoms with Crippen molar-refractivity contribution in [3.8, 4) is 5.75 Å². The van der Waals surface area contributed by atoms with E-state index < -0.39 is 0 Å². The monoisotopic (exact) mass is 324 g/mol. The maximum Gasteiger partial charge on any atom is 0.180 e. The Balaban J connectivity index is 1.84. The van der Waals surface area contributed by atoms with E-state index in [0.29, 0.717) is 5.13 Å². The van der Waals surface area contributed by atoms with E-state index >= 15 is 0 Å². The number of ether oxygens (including phenoxy) is 1. The maximum atomic E-state index is 5.83. The summed E-state index contributed by atoms with van der Waals surface area (Å²) in [5.41, 5.74) is 9.47. The van der Waals surface area contributed by atoms with Gasteiger partial charge in [0.05, 0.1) is 12.8 Å². The molecule has 0 saturated carbocycles. The number of nitrogens with two attached hydrogens (primary N) is 1. The molecular formula is C19H20N2OS. The topological polar surface area (TPSA) is 48.1 Å². The van der Waals surface area contributed by atoms with Crippen LogP contribution in [0.2, 0.25) is 0 Å². The summed E-state index contributed by atoms with van der Waals surface area (Å²) in [6.07, 6.45) is 2.01. The fraction of sp³-hybridized carbons (Fsp3) is 0.211. The molecule has 3 rings (SSSR count). The Morgan fingerprint density at radius 2 is 1.83 bits per heavy atom. The number of aryl methyl sites for hydroxylation is 1. The number of thiazole rings is 1. The first kappa shape index (κ1) is 15.6. The van der Waals surface area contributed by atoms with Gasteiger partial charge in [-0.3, -0.25) is 0 Å². The highest BCUT2D eigenvalue weighted by Gasteiger charge is 2.17. The highest BCUT2D eigenvalue weighted by Crippen LogP contribution is 2.32. The summed E-state index contributed by atoms with van der Waals surface area (Å²) in [7, 11) is 1.68. The van der Waals surface area contributed by atoms with Gasteiger partial charge < -0.3 is 10.5 Å². The molecule has 0 aliphatic heterocycles. The molecule has 1 atom stereocenters. The molecule has 0 aliphatic carbocycles. The van der Waals surface area contributed by atoms with E-state index in [2.05, 4.69) is 46.8 Å². The van der Waals surface area contributed by atoms with Crippen molar-refractivity contribution >= 4 is 16.5 Å². The van der Waals surface area contributed by atoms with Crippen LogP contribution in [0.1, 0.15) is 29.2 Å². The van der Waals surface area contributed by atoms with Crippen LogP contribution in [-0.4, -0.2) is 12.1 Å². The number of methoxy groups -OCH3 is 1. The minimum absolute atomic E-state index is 0.245. The van der Waals surface area contributed by atoms with E-state index in [1.807, 2.05) is 18.2 Å². The molecule has 23 heavy (non-hydrogen) atoms. The highest BCUT2D eigenvalue weighted by atomic mass is 32.1. The van der Waals surface area contributed by atoms with Crippen molar-refractivity contribution in [2.75, 3.05) is 12.8 Å². The summed E-state index contributed by atoms with van der Waals surface area (Å²) in [4.78, 5) is 4.51. The lowest BCUT2D eigenvalue weighted by atomic mass is 9.90. The van der Waals surface area contributed by atoms with Crippen LogP contribution in [0.3, 0.4) is 0 Å². The van der Waals surface area contributed by atoms with Gasteiger partial charge in [-0.05, 0) is 36.1 Å². The Kier molecular flexibility index (Phi) is 4.93. The Morgan fingerprint density at radius 1 is 1.09 bits per heavy atom. The SMILES string of the molecule is COc1ccc(C(CCc2ccccc2)c2csc(N)n2)cc1.